The summed E-state index contributed by atoms with van der Waals surface area (Å²) in [5, 5.41) is 4.15. The molecule has 1 rings (SSSR count). The van der Waals surface area contributed by atoms with Gasteiger partial charge >= 0.3 is 0 Å². The number of nitrogen functional groups attached to an aromatic ring is 1. The summed E-state index contributed by atoms with van der Waals surface area (Å²) < 4.78 is 3.94. The third kappa shape index (κ3) is 4.01. The minimum Gasteiger partial charge on any atom is -0.367 e. The number of likely N-dealkylation sites (N-methyl/N-ethyl adjacent to an activating group) is 1. The highest BCUT2D eigenvalue weighted by molar-refractivity contribution is 7.09. The summed E-state index contributed by atoms with van der Waals surface area (Å²) in [5.41, 5.74) is 5.47. The van der Waals surface area contributed by atoms with Gasteiger partial charge in [-0.3, -0.25) is 0 Å². The predicted molar refractivity (Wildman–Crippen MR) is 65.1 cm³/mol. The van der Waals surface area contributed by atoms with E-state index in [4.69, 9.17) is 5.73 Å². The third-order valence-corrected chi connectivity index (χ3v) is 2.78. The lowest BCUT2D eigenvalue weighted by Crippen LogP contribution is -2.36. The second kappa shape index (κ2) is 5.27. The van der Waals surface area contributed by atoms with Gasteiger partial charge in [0.05, 0.1) is 0 Å². The Balaban J connectivity index is 2.58. The summed E-state index contributed by atoms with van der Waals surface area (Å²) >= 11 is 1.31. The van der Waals surface area contributed by atoms with Crippen LogP contribution in [-0.2, 0) is 0 Å². The van der Waals surface area contributed by atoms with E-state index < -0.39 is 0 Å². The first kappa shape index (κ1) is 12.2. The number of nitrogens with two attached hydrogens (primary N) is 1. The second-order valence-corrected chi connectivity index (χ2v) is 4.97. The van der Waals surface area contributed by atoms with Crippen molar-refractivity contribution in [1.29, 1.82) is 0 Å². The van der Waals surface area contributed by atoms with Crippen molar-refractivity contribution >= 4 is 22.6 Å². The molecule has 0 saturated carbocycles. The number of nitrogens with zero attached hydrogens (tertiary/aromatic N) is 3. The third-order valence-electron chi connectivity index (χ3n) is 2.12. The Morgan fingerprint density at radius 2 is 2.13 bits per heavy atom. The van der Waals surface area contributed by atoms with Crippen molar-refractivity contribution < 1.29 is 0 Å². The van der Waals surface area contributed by atoms with E-state index in [0.29, 0.717) is 17.9 Å². The summed E-state index contributed by atoms with van der Waals surface area (Å²) in [6.45, 7) is 5.34. The molecule has 0 aliphatic heterocycles. The van der Waals surface area contributed by atoms with Gasteiger partial charge in [0, 0.05) is 24.1 Å². The average Bonchev–Trinajstić information content (AvgIpc) is 2.49. The Kier molecular flexibility index (Phi) is 4.28. The quantitative estimate of drug-likeness (QED) is 0.792. The van der Waals surface area contributed by atoms with Gasteiger partial charge in [-0.05, 0) is 20.0 Å². The zero-order valence-electron chi connectivity index (χ0n) is 9.69. The Hall–Kier alpha value is -0.880. The largest absolute Gasteiger partial charge is 0.367 e. The Morgan fingerprint density at radius 3 is 2.53 bits per heavy atom. The van der Waals surface area contributed by atoms with Crippen molar-refractivity contribution in [1.82, 2.24) is 14.3 Å². The van der Waals surface area contributed by atoms with Gasteiger partial charge < -0.3 is 16.0 Å². The summed E-state index contributed by atoms with van der Waals surface area (Å²) in [7, 11) is 4.12. The standard InChI is InChI=1S/C9H19N5S/c1-6(2)7(5-14(3)4)11-9-12-8(10)13-15-9/h6-7H,5H2,1-4H3,(H3,10,11,12,13). The molecule has 1 aromatic heterocycles. The fraction of sp³-hybridized carbons (Fsp3) is 0.778. The van der Waals surface area contributed by atoms with Gasteiger partial charge in [-0.2, -0.15) is 9.36 Å². The van der Waals surface area contributed by atoms with E-state index in [1.165, 1.54) is 11.5 Å². The number of anilines is 2. The van der Waals surface area contributed by atoms with Crippen LogP contribution < -0.4 is 11.1 Å². The van der Waals surface area contributed by atoms with Crippen LogP contribution in [0.5, 0.6) is 0 Å². The molecule has 5 nitrogen and oxygen atoms in total. The molecule has 6 heteroatoms. The lowest BCUT2D eigenvalue weighted by molar-refractivity contribution is 0.344. The fourth-order valence-corrected chi connectivity index (χ4v) is 1.83. The maximum atomic E-state index is 5.47. The normalized spacial score (nSPS) is 13.5. The molecule has 1 heterocycles. The van der Waals surface area contributed by atoms with Gasteiger partial charge in [-0.15, -0.1) is 0 Å². The van der Waals surface area contributed by atoms with Crippen LogP contribution in [0.15, 0.2) is 0 Å². The molecule has 1 atom stereocenters. The highest BCUT2D eigenvalue weighted by atomic mass is 32.1. The van der Waals surface area contributed by atoms with Crippen LogP contribution in [0.2, 0.25) is 0 Å². The number of nitrogens with one attached hydrogen (secondary N) is 1. The average molecular weight is 229 g/mol. The van der Waals surface area contributed by atoms with E-state index in [9.17, 15) is 0 Å². The predicted octanol–water partition coefficient (Wildman–Crippen LogP) is 1.12. The van der Waals surface area contributed by atoms with E-state index in [-0.39, 0.29) is 0 Å². The topological polar surface area (TPSA) is 67.1 Å². The summed E-state index contributed by atoms with van der Waals surface area (Å²) in [4.78, 5) is 6.25. The van der Waals surface area contributed by atoms with Crippen molar-refractivity contribution in [3.8, 4) is 0 Å². The molecule has 0 saturated heterocycles. The molecule has 0 aliphatic carbocycles. The maximum Gasteiger partial charge on any atom is 0.233 e. The second-order valence-electron chi connectivity index (χ2n) is 4.21. The first-order chi connectivity index (χ1) is 6.99. The molecule has 0 spiro atoms. The van der Waals surface area contributed by atoms with Crippen LogP contribution in [-0.4, -0.2) is 40.9 Å². The van der Waals surface area contributed by atoms with Crippen LogP contribution >= 0.6 is 11.5 Å². The molecule has 0 radical (unpaired) electrons. The van der Waals surface area contributed by atoms with Crippen LogP contribution in [0.3, 0.4) is 0 Å². The highest BCUT2D eigenvalue weighted by Gasteiger charge is 2.15. The molecule has 15 heavy (non-hydrogen) atoms. The Morgan fingerprint density at radius 1 is 1.47 bits per heavy atom. The minimum absolute atomic E-state index is 0.342. The van der Waals surface area contributed by atoms with Gasteiger partial charge in [0.2, 0.25) is 11.1 Å². The molecule has 0 bridgehead atoms. The summed E-state index contributed by atoms with van der Waals surface area (Å²) in [5.74, 6) is 0.882. The highest BCUT2D eigenvalue weighted by Crippen LogP contribution is 2.16. The number of hydrogen-bond acceptors (Lipinski definition) is 6. The lowest BCUT2D eigenvalue weighted by Gasteiger charge is -2.24. The number of hydrogen-bond donors (Lipinski definition) is 2. The van der Waals surface area contributed by atoms with Gasteiger partial charge in [0.25, 0.3) is 0 Å². The van der Waals surface area contributed by atoms with E-state index in [1.54, 1.807) is 0 Å². The van der Waals surface area contributed by atoms with Crippen molar-refractivity contribution in [3.63, 3.8) is 0 Å². The van der Waals surface area contributed by atoms with Crippen LogP contribution in [0.1, 0.15) is 13.8 Å². The van der Waals surface area contributed by atoms with Crippen molar-refractivity contribution in [3.05, 3.63) is 0 Å². The Bertz CT molecular complexity index is 296. The molecule has 0 fully saturated rings. The zero-order chi connectivity index (χ0) is 11.4. The summed E-state index contributed by atoms with van der Waals surface area (Å²) in [6.07, 6.45) is 0. The van der Waals surface area contributed by atoms with Gasteiger partial charge in [-0.25, -0.2) is 0 Å². The molecule has 0 aliphatic rings. The molecule has 3 N–H and O–H groups in total. The SMILES string of the molecule is CC(C)C(CN(C)C)Nc1nc(N)ns1. The van der Waals surface area contributed by atoms with Gasteiger partial charge in [0.1, 0.15) is 0 Å². The van der Waals surface area contributed by atoms with Crippen LogP contribution in [0.25, 0.3) is 0 Å². The molecule has 1 unspecified atom stereocenters. The van der Waals surface area contributed by atoms with Crippen molar-refractivity contribution in [2.75, 3.05) is 31.7 Å². The molecular weight excluding hydrogens is 210 g/mol. The van der Waals surface area contributed by atoms with Gasteiger partial charge in [-0.1, -0.05) is 13.8 Å². The van der Waals surface area contributed by atoms with E-state index >= 15 is 0 Å². The molecule has 0 aromatic carbocycles. The van der Waals surface area contributed by atoms with E-state index in [1.807, 2.05) is 0 Å². The maximum absolute atomic E-state index is 5.47. The molecule has 0 amide bonds. The van der Waals surface area contributed by atoms with Crippen molar-refractivity contribution in [2.24, 2.45) is 5.92 Å². The lowest BCUT2D eigenvalue weighted by atomic mass is 10.0. The molecular formula is C9H19N5S. The van der Waals surface area contributed by atoms with E-state index in [0.717, 1.165) is 11.7 Å². The van der Waals surface area contributed by atoms with Crippen LogP contribution in [0.4, 0.5) is 11.1 Å². The monoisotopic (exact) mass is 229 g/mol. The van der Waals surface area contributed by atoms with Gasteiger partial charge in [0.15, 0.2) is 0 Å². The first-order valence-electron chi connectivity index (χ1n) is 4.99. The molecule has 86 valence electrons. The first-order valence-corrected chi connectivity index (χ1v) is 5.77. The Labute approximate surface area is 94.9 Å². The number of rotatable bonds is 5. The van der Waals surface area contributed by atoms with Crippen LogP contribution in [0, 0.1) is 5.92 Å². The zero-order valence-corrected chi connectivity index (χ0v) is 10.5. The molecule has 1 aromatic rings. The minimum atomic E-state index is 0.342. The summed E-state index contributed by atoms with van der Waals surface area (Å²) in [6, 6.07) is 0.368. The number of aromatic nitrogens is 2. The van der Waals surface area contributed by atoms with E-state index in [2.05, 4.69) is 47.5 Å². The fourth-order valence-electron chi connectivity index (χ4n) is 1.27. The smallest absolute Gasteiger partial charge is 0.233 e. The van der Waals surface area contributed by atoms with Crippen molar-refractivity contribution in [2.45, 2.75) is 19.9 Å².